The smallest absolute Gasteiger partial charge is 0.229 e. The second-order valence-electron chi connectivity index (χ2n) is 4.76. The molecule has 0 unspecified atom stereocenters. The first-order chi connectivity index (χ1) is 7.50. The summed E-state index contributed by atoms with van der Waals surface area (Å²) < 4.78 is 0. The number of nitrogens with zero attached hydrogens (tertiary/aromatic N) is 1. The van der Waals surface area contributed by atoms with Crippen molar-refractivity contribution in [2.45, 2.75) is 27.2 Å². The van der Waals surface area contributed by atoms with E-state index in [9.17, 15) is 4.79 Å². The van der Waals surface area contributed by atoms with Crippen LogP contribution in [0.3, 0.4) is 0 Å². The average Bonchev–Trinajstić information content (AvgIpc) is 2.59. The Morgan fingerprint density at radius 3 is 2.75 bits per heavy atom. The molecule has 86 valence electrons. The molecule has 0 fully saturated rings. The molecule has 0 radical (unpaired) electrons. The molecule has 0 bridgehead atoms. The second kappa shape index (κ2) is 3.81. The molecule has 1 heterocycles. The third-order valence-electron chi connectivity index (χ3n) is 3.00. The number of hydrogen-bond acceptors (Lipinski definition) is 2. The molecule has 1 aromatic carbocycles. The lowest BCUT2D eigenvalue weighted by atomic mass is 10.1. The van der Waals surface area contributed by atoms with E-state index in [0.717, 1.165) is 29.9 Å². The third kappa shape index (κ3) is 1.66. The van der Waals surface area contributed by atoms with Gasteiger partial charge in [-0.05, 0) is 30.5 Å². The monoisotopic (exact) mass is 218 g/mol. The van der Waals surface area contributed by atoms with E-state index >= 15 is 0 Å². The maximum absolute atomic E-state index is 12.0. The summed E-state index contributed by atoms with van der Waals surface area (Å²) in [5.41, 5.74) is 10.0. The zero-order chi connectivity index (χ0) is 11.9. The summed E-state index contributed by atoms with van der Waals surface area (Å²) in [5.74, 6) is 0.181. The minimum Gasteiger partial charge on any atom is -0.397 e. The highest BCUT2D eigenvalue weighted by atomic mass is 16.2. The van der Waals surface area contributed by atoms with E-state index in [0.29, 0.717) is 0 Å². The van der Waals surface area contributed by atoms with E-state index in [1.165, 1.54) is 5.56 Å². The molecule has 1 aromatic rings. The number of amides is 1. The standard InChI is InChI=1S/C13H18N2O/c1-8(2)13(16)15-5-4-10-6-9(3)7-11(14)12(10)15/h6-8H,4-5,14H2,1-3H3. The van der Waals surface area contributed by atoms with Crippen LogP contribution in [-0.2, 0) is 11.2 Å². The van der Waals surface area contributed by atoms with Crippen LogP contribution in [0.2, 0.25) is 0 Å². The van der Waals surface area contributed by atoms with E-state index in [1.54, 1.807) is 0 Å². The van der Waals surface area contributed by atoms with Crippen molar-refractivity contribution in [3.8, 4) is 0 Å². The van der Waals surface area contributed by atoms with Gasteiger partial charge in [-0.25, -0.2) is 0 Å². The van der Waals surface area contributed by atoms with Crippen LogP contribution in [0.25, 0.3) is 0 Å². The number of carbonyl (C=O) groups is 1. The highest BCUT2D eigenvalue weighted by molar-refractivity contribution is 5.99. The second-order valence-corrected chi connectivity index (χ2v) is 4.76. The van der Waals surface area contributed by atoms with Crippen LogP contribution >= 0.6 is 0 Å². The molecule has 2 N–H and O–H groups in total. The maximum Gasteiger partial charge on any atom is 0.229 e. The predicted octanol–water partition coefficient (Wildman–Crippen LogP) is 2.12. The number of rotatable bonds is 1. The van der Waals surface area contributed by atoms with E-state index in [-0.39, 0.29) is 11.8 Å². The van der Waals surface area contributed by atoms with Crippen LogP contribution in [-0.4, -0.2) is 12.5 Å². The number of benzene rings is 1. The lowest BCUT2D eigenvalue weighted by Crippen LogP contribution is -2.33. The molecule has 1 aliphatic heterocycles. The normalized spacial score (nSPS) is 14.4. The van der Waals surface area contributed by atoms with Gasteiger partial charge in [0.15, 0.2) is 0 Å². The Hall–Kier alpha value is -1.51. The molecule has 0 spiro atoms. The van der Waals surface area contributed by atoms with Crippen LogP contribution in [0.1, 0.15) is 25.0 Å². The summed E-state index contributed by atoms with van der Waals surface area (Å²) in [6.45, 7) is 6.64. The highest BCUT2D eigenvalue weighted by Gasteiger charge is 2.28. The van der Waals surface area contributed by atoms with Crippen molar-refractivity contribution in [2.75, 3.05) is 17.2 Å². The number of fused-ring (bicyclic) bond motifs is 1. The molecule has 0 saturated carbocycles. The van der Waals surface area contributed by atoms with E-state index in [2.05, 4.69) is 6.07 Å². The Balaban J connectivity index is 2.43. The molecule has 0 atom stereocenters. The Labute approximate surface area is 96.2 Å². The fourth-order valence-electron chi connectivity index (χ4n) is 2.28. The van der Waals surface area contributed by atoms with Gasteiger partial charge >= 0.3 is 0 Å². The minimum absolute atomic E-state index is 0.0200. The van der Waals surface area contributed by atoms with Gasteiger partial charge in [0, 0.05) is 12.5 Å². The molecule has 0 aliphatic carbocycles. The van der Waals surface area contributed by atoms with Gasteiger partial charge in [0.1, 0.15) is 0 Å². The number of carbonyl (C=O) groups excluding carboxylic acids is 1. The van der Waals surface area contributed by atoms with Gasteiger partial charge in [0.2, 0.25) is 5.91 Å². The minimum atomic E-state index is 0.0200. The summed E-state index contributed by atoms with van der Waals surface area (Å²) in [6, 6.07) is 4.06. The number of anilines is 2. The zero-order valence-electron chi connectivity index (χ0n) is 10.1. The number of aryl methyl sites for hydroxylation is 1. The van der Waals surface area contributed by atoms with Crippen molar-refractivity contribution in [2.24, 2.45) is 5.92 Å². The molecule has 2 rings (SSSR count). The molecule has 3 nitrogen and oxygen atoms in total. The Morgan fingerprint density at radius 2 is 2.12 bits per heavy atom. The van der Waals surface area contributed by atoms with Gasteiger partial charge in [-0.3, -0.25) is 4.79 Å². The lowest BCUT2D eigenvalue weighted by molar-refractivity contribution is -0.121. The van der Waals surface area contributed by atoms with Crippen molar-refractivity contribution in [3.05, 3.63) is 23.3 Å². The summed E-state index contributed by atoms with van der Waals surface area (Å²) in [4.78, 5) is 13.8. The first-order valence-electron chi connectivity index (χ1n) is 5.71. The quantitative estimate of drug-likeness (QED) is 0.734. The molecule has 3 heteroatoms. The van der Waals surface area contributed by atoms with Gasteiger partial charge in [-0.15, -0.1) is 0 Å². The van der Waals surface area contributed by atoms with Crippen LogP contribution in [0, 0.1) is 12.8 Å². The maximum atomic E-state index is 12.0. The topological polar surface area (TPSA) is 46.3 Å². The molecular formula is C13H18N2O. The SMILES string of the molecule is Cc1cc(N)c2c(c1)CCN2C(=O)C(C)C. The lowest BCUT2D eigenvalue weighted by Gasteiger charge is -2.21. The zero-order valence-corrected chi connectivity index (χ0v) is 10.1. The first kappa shape index (κ1) is 11.0. The van der Waals surface area contributed by atoms with Crippen molar-refractivity contribution in [3.63, 3.8) is 0 Å². The highest BCUT2D eigenvalue weighted by Crippen LogP contribution is 2.35. The summed E-state index contributed by atoms with van der Waals surface area (Å²) in [6.07, 6.45) is 0.916. The van der Waals surface area contributed by atoms with E-state index in [1.807, 2.05) is 31.7 Å². The average molecular weight is 218 g/mol. The van der Waals surface area contributed by atoms with Crippen LogP contribution in [0.5, 0.6) is 0 Å². The summed E-state index contributed by atoms with van der Waals surface area (Å²) >= 11 is 0. The fourth-order valence-corrected chi connectivity index (χ4v) is 2.28. The van der Waals surface area contributed by atoms with Crippen LogP contribution < -0.4 is 10.6 Å². The molecular weight excluding hydrogens is 200 g/mol. The first-order valence-corrected chi connectivity index (χ1v) is 5.71. The number of hydrogen-bond donors (Lipinski definition) is 1. The van der Waals surface area contributed by atoms with Crippen molar-refractivity contribution in [1.29, 1.82) is 0 Å². The molecule has 1 aliphatic rings. The molecule has 1 amide bonds. The number of nitrogens with two attached hydrogens (primary N) is 1. The van der Waals surface area contributed by atoms with Gasteiger partial charge in [0.05, 0.1) is 11.4 Å². The van der Waals surface area contributed by atoms with Crippen molar-refractivity contribution < 1.29 is 4.79 Å². The van der Waals surface area contributed by atoms with Crippen LogP contribution in [0.4, 0.5) is 11.4 Å². The molecule has 16 heavy (non-hydrogen) atoms. The number of nitrogen functional groups attached to an aromatic ring is 1. The van der Waals surface area contributed by atoms with Crippen molar-refractivity contribution in [1.82, 2.24) is 0 Å². The largest absolute Gasteiger partial charge is 0.397 e. The Bertz CT molecular complexity index is 438. The molecule has 0 aromatic heterocycles. The summed E-state index contributed by atoms with van der Waals surface area (Å²) in [7, 11) is 0. The van der Waals surface area contributed by atoms with E-state index < -0.39 is 0 Å². The Morgan fingerprint density at radius 1 is 1.44 bits per heavy atom. The fraction of sp³-hybridized carbons (Fsp3) is 0.462. The summed E-state index contributed by atoms with van der Waals surface area (Å²) in [5, 5.41) is 0. The van der Waals surface area contributed by atoms with Crippen LogP contribution in [0.15, 0.2) is 12.1 Å². The van der Waals surface area contributed by atoms with Gasteiger partial charge < -0.3 is 10.6 Å². The predicted molar refractivity (Wildman–Crippen MR) is 66.5 cm³/mol. The van der Waals surface area contributed by atoms with Crippen molar-refractivity contribution >= 4 is 17.3 Å². The molecule has 0 saturated heterocycles. The van der Waals surface area contributed by atoms with Gasteiger partial charge in [-0.2, -0.15) is 0 Å². The third-order valence-corrected chi connectivity index (χ3v) is 3.00. The van der Waals surface area contributed by atoms with E-state index in [4.69, 9.17) is 5.73 Å². The van der Waals surface area contributed by atoms with Gasteiger partial charge in [0.25, 0.3) is 0 Å². The van der Waals surface area contributed by atoms with Gasteiger partial charge in [-0.1, -0.05) is 19.9 Å². The Kier molecular flexibility index (Phi) is 2.62.